The number of Topliss-reactive ketones (excluding diaryl/α,β-unsaturated/α-hetero) is 2. The maximum atomic E-state index is 13.7. The van der Waals surface area contributed by atoms with Gasteiger partial charge < -0.3 is 26.2 Å². The molecule has 14 heteroatoms. The summed E-state index contributed by atoms with van der Waals surface area (Å²) >= 11 is 0. The maximum Gasteiger partial charge on any atom is 0.388 e. The summed E-state index contributed by atoms with van der Waals surface area (Å²) in [6, 6.07) is -4.08. The minimum absolute atomic E-state index is 0.0112. The van der Waals surface area contributed by atoms with Crippen LogP contribution in [0.5, 0.6) is 0 Å². The molecule has 44 heavy (non-hydrogen) atoms. The highest BCUT2D eigenvalue weighted by molar-refractivity contribution is 6.38. The van der Waals surface area contributed by atoms with Crippen molar-refractivity contribution in [2.24, 2.45) is 17.3 Å². The summed E-state index contributed by atoms with van der Waals surface area (Å²) in [5.74, 6) is -2.56. The molecule has 11 nitrogen and oxygen atoms in total. The van der Waals surface area contributed by atoms with Crippen LogP contribution < -0.4 is 21.3 Å². The Balaban J connectivity index is 0.00000146. The van der Waals surface area contributed by atoms with E-state index in [4.69, 9.17) is 0 Å². The molecule has 1 aliphatic carbocycles. The van der Waals surface area contributed by atoms with Crippen LogP contribution in [0.3, 0.4) is 0 Å². The number of halogens is 3. The smallest absolute Gasteiger partial charge is 0.349 e. The monoisotopic (exact) mass is 633 g/mol. The van der Waals surface area contributed by atoms with E-state index in [0.29, 0.717) is 32.4 Å². The fourth-order valence-electron chi connectivity index (χ4n) is 4.52. The fourth-order valence-corrected chi connectivity index (χ4v) is 4.52. The van der Waals surface area contributed by atoms with Gasteiger partial charge in [0.25, 0.3) is 5.91 Å². The van der Waals surface area contributed by atoms with Crippen LogP contribution in [0.15, 0.2) is 0 Å². The molecule has 0 aromatic carbocycles. The zero-order chi connectivity index (χ0) is 34.0. The summed E-state index contributed by atoms with van der Waals surface area (Å²) in [5.41, 5.74) is -0.688. The Kier molecular flexibility index (Phi) is 14.8. The molecule has 0 spiro atoms. The van der Waals surface area contributed by atoms with Crippen LogP contribution in [-0.2, 0) is 24.0 Å². The molecular formula is C30H50F3N5O6. The number of likely N-dealkylation sites (tertiary alicyclic amines) is 1. The highest BCUT2D eigenvalue weighted by Crippen LogP contribution is 2.32. The molecule has 4 unspecified atom stereocenters. The third-order valence-corrected chi connectivity index (χ3v) is 7.38. The molecule has 0 bridgehead atoms. The number of hydrogen-bond donors (Lipinski definition) is 4. The van der Waals surface area contributed by atoms with Crippen molar-refractivity contribution < 1.29 is 41.9 Å². The highest BCUT2D eigenvalue weighted by atomic mass is 19.4. The van der Waals surface area contributed by atoms with Crippen LogP contribution in [-0.4, -0.2) is 83.7 Å². The number of nitrogens with one attached hydrogen (secondary N) is 4. The van der Waals surface area contributed by atoms with Gasteiger partial charge in [-0.3, -0.25) is 24.0 Å². The van der Waals surface area contributed by atoms with E-state index in [1.54, 1.807) is 0 Å². The second-order valence-corrected chi connectivity index (χ2v) is 12.8. The lowest BCUT2D eigenvalue weighted by atomic mass is 9.85. The van der Waals surface area contributed by atoms with Crippen molar-refractivity contribution in [3.8, 4) is 0 Å². The Morgan fingerprint density at radius 1 is 0.886 bits per heavy atom. The van der Waals surface area contributed by atoms with E-state index in [0.717, 1.165) is 19.8 Å². The Bertz CT molecular complexity index is 1040. The number of carbonyl (C=O) groups excluding carboxylic acids is 6. The average Bonchev–Trinajstić information content (AvgIpc) is 3.66. The average molecular weight is 634 g/mol. The highest BCUT2D eigenvalue weighted by Gasteiger charge is 2.43. The van der Waals surface area contributed by atoms with Gasteiger partial charge in [-0.25, -0.2) is 4.79 Å². The Morgan fingerprint density at radius 3 is 1.91 bits per heavy atom. The van der Waals surface area contributed by atoms with E-state index in [-0.39, 0.29) is 17.6 Å². The van der Waals surface area contributed by atoms with Crippen molar-refractivity contribution in [2.75, 3.05) is 13.1 Å². The first-order valence-corrected chi connectivity index (χ1v) is 15.3. The number of carbonyl (C=O) groups is 6. The number of amides is 5. The van der Waals surface area contributed by atoms with Crippen LogP contribution >= 0.6 is 0 Å². The van der Waals surface area contributed by atoms with Crippen molar-refractivity contribution in [3.05, 3.63) is 0 Å². The van der Waals surface area contributed by atoms with E-state index in [9.17, 15) is 41.9 Å². The number of rotatable bonds is 12. The molecule has 2 rings (SSSR count). The number of urea groups is 1. The standard InChI is InChI=1S/C27H45N5O6.C3H5F3/c1-8-13-28-24(36)20(33)16(4)29-23(35)18-10-9-14-32(18)25(37)22(27(5,6)7)31-26(38)30-19(15(2)3)21(34)17-11-12-17;1-2-3(4,5)6/h15-19,22H,8-14H2,1-7H3,(H,28,36)(H,29,35)(H2,30,31,38);2H2,1H3. The van der Waals surface area contributed by atoms with Gasteiger partial charge in [0.2, 0.25) is 17.6 Å². The molecule has 252 valence electrons. The lowest BCUT2D eigenvalue weighted by Gasteiger charge is -2.36. The van der Waals surface area contributed by atoms with Gasteiger partial charge in [-0.2, -0.15) is 13.2 Å². The quantitative estimate of drug-likeness (QED) is 0.242. The van der Waals surface area contributed by atoms with Crippen molar-refractivity contribution >= 4 is 35.3 Å². The molecule has 1 heterocycles. The molecular weight excluding hydrogens is 583 g/mol. The van der Waals surface area contributed by atoms with Crippen LogP contribution in [0.1, 0.15) is 93.9 Å². The first-order chi connectivity index (χ1) is 20.2. The topological polar surface area (TPSA) is 154 Å². The minimum Gasteiger partial charge on any atom is -0.349 e. The van der Waals surface area contributed by atoms with Gasteiger partial charge in [0.05, 0.1) is 12.1 Å². The maximum absolute atomic E-state index is 13.7. The Morgan fingerprint density at radius 2 is 1.45 bits per heavy atom. The van der Waals surface area contributed by atoms with Crippen LogP contribution in [0, 0.1) is 17.3 Å². The van der Waals surface area contributed by atoms with Crippen LogP contribution in [0.4, 0.5) is 18.0 Å². The molecule has 2 aliphatic rings. The Hall–Kier alpha value is -3.19. The van der Waals surface area contributed by atoms with E-state index < -0.39 is 71.7 Å². The molecule has 0 aromatic heterocycles. The van der Waals surface area contributed by atoms with E-state index in [1.807, 2.05) is 41.5 Å². The predicted molar refractivity (Wildman–Crippen MR) is 158 cm³/mol. The minimum atomic E-state index is -3.96. The zero-order valence-corrected chi connectivity index (χ0v) is 27.2. The summed E-state index contributed by atoms with van der Waals surface area (Å²) in [4.78, 5) is 78.0. The lowest BCUT2D eigenvalue weighted by Crippen LogP contribution is -2.61. The van der Waals surface area contributed by atoms with Gasteiger partial charge in [-0.15, -0.1) is 0 Å². The summed E-state index contributed by atoms with van der Waals surface area (Å²) < 4.78 is 32.4. The molecule has 1 saturated heterocycles. The van der Waals surface area contributed by atoms with Gasteiger partial charge in [0.15, 0.2) is 5.78 Å². The first kappa shape index (κ1) is 38.8. The fraction of sp³-hybridized carbons (Fsp3) is 0.800. The number of alkyl halides is 3. The van der Waals surface area contributed by atoms with E-state index in [1.165, 1.54) is 11.8 Å². The normalized spacial score (nSPS) is 18.7. The van der Waals surface area contributed by atoms with Crippen molar-refractivity contribution in [1.29, 1.82) is 0 Å². The summed E-state index contributed by atoms with van der Waals surface area (Å²) in [6.45, 7) is 14.2. The zero-order valence-electron chi connectivity index (χ0n) is 27.2. The van der Waals surface area contributed by atoms with Gasteiger partial charge in [-0.1, -0.05) is 48.5 Å². The van der Waals surface area contributed by atoms with E-state index >= 15 is 0 Å². The lowest BCUT2D eigenvalue weighted by molar-refractivity contribution is -0.143. The SMILES string of the molecule is CCC(F)(F)F.CCCNC(=O)C(=O)C(C)NC(=O)C1CCCN1C(=O)C(NC(=O)NC(C(=O)C1CC1)C(C)C)C(C)(C)C. The third-order valence-electron chi connectivity index (χ3n) is 7.38. The van der Waals surface area contributed by atoms with Crippen molar-refractivity contribution in [2.45, 2.75) is 124 Å². The third kappa shape index (κ3) is 12.4. The second-order valence-electron chi connectivity index (χ2n) is 12.8. The number of nitrogens with zero attached hydrogens (tertiary/aromatic N) is 1. The second kappa shape index (κ2) is 16.8. The van der Waals surface area contributed by atoms with Crippen LogP contribution in [0.25, 0.3) is 0 Å². The molecule has 4 atom stereocenters. The van der Waals surface area contributed by atoms with Gasteiger partial charge in [0.1, 0.15) is 12.1 Å². The first-order valence-electron chi connectivity index (χ1n) is 15.3. The summed E-state index contributed by atoms with van der Waals surface area (Å²) in [7, 11) is 0. The molecule has 0 radical (unpaired) electrons. The van der Waals surface area contributed by atoms with Gasteiger partial charge in [-0.05, 0) is 50.4 Å². The Labute approximate surface area is 258 Å². The predicted octanol–water partition coefficient (Wildman–Crippen LogP) is 3.25. The van der Waals surface area contributed by atoms with Gasteiger partial charge in [0, 0.05) is 25.4 Å². The molecule has 0 aromatic rings. The van der Waals surface area contributed by atoms with Crippen LogP contribution in [0.2, 0.25) is 0 Å². The number of ketones is 2. The molecule has 4 N–H and O–H groups in total. The van der Waals surface area contributed by atoms with Crippen molar-refractivity contribution in [1.82, 2.24) is 26.2 Å². The molecule has 1 aliphatic heterocycles. The molecule has 5 amide bonds. The van der Waals surface area contributed by atoms with E-state index in [2.05, 4.69) is 21.3 Å². The van der Waals surface area contributed by atoms with Crippen molar-refractivity contribution in [3.63, 3.8) is 0 Å². The summed E-state index contributed by atoms with van der Waals surface area (Å²) in [6.07, 6.45) is -1.37. The number of hydrogen-bond acceptors (Lipinski definition) is 6. The largest absolute Gasteiger partial charge is 0.388 e. The summed E-state index contributed by atoms with van der Waals surface area (Å²) in [5, 5.41) is 10.6. The molecule has 2 fully saturated rings. The molecule has 1 saturated carbocycles. The van der Waals surface area contributed by atoms with Gasteiger partial charge >= 0.3 is 12.2 Å².